The molecule has 16 heavy (non-hydrogen) atoms. The van der Waals surface area contributed by atoms with Gasteiger partial charge in [0.1, 0.15) is 6.07 Å². The van der Waals surface area contributed by atoms with Crippen molar-refractivity contribution in [3.05, 3.63) is 28.8 Å². The third-order valence-electron chi connectivity index (χ3n) is 2.62. The first-order valence-corrected chi connectivity index (χ1v) is 6.87. The van der Waals surface area contributed by atoms with Crippen LogP contribution in [0.3, 0.4) is 0 Å². The van der Waals surface area contributed by atoms with Gasteiger partial charge in [-0.05, 0) is 36.8 Å². The molecule has 0 spiro atoms. The minimum atomic E-state index is 0.479. The van der Waals surface area contributed by atoms with Crippen LogP contribution in [0.25, 0.3) is 0 Å². The van der Waals surface area contributed by atoms with Gasteiger partial charge in [0.25, 0.3) is 0 Å². The minimum absolute atomic E-state index is 0.479. The Morgan fingerprint density at radius 2 is 2.38 bits per heavy atom. The van der Waals surface area contributed by atoms with Crippen molar-refractivity contribution in [3.63, 3.8) is 0 Å². The van der Waals surface area contributed by atoms with Gasteiger partial charge >= 0.3 is 0 Å². The fourth-order valence-electron chi connectivity index (χ4n) is 1.81. The molecule has 1 aromatic rings. The molecule has 4 heteroatoms. The molecule has 0 aliphatic carbocycles. The molecule has 0 bridgehead atoms. The van der Waals surface area contributed by atoms with Gasteiger partial charge in [-0.25, -0.2) is 0 Å². The van der Waals surface area contributed by atoms with Gasteiger partial charge in [-0.3, -0.25) is 0 Å². The molecule has 2 rings (SSSR count). The van der Waals surface area contributed by atoms with Gasteiger partial charge in [0, 0.05) is 16.8 Å². The Kier molecular flexibility index (Phi) is 3.98. The standard InChI is InChI=1S/C12H13ClN2S/c13-10-3-4-12(9(6-10)7-14)15-11-2-1-5-16-8-11/h3-4,6,11,15H,1-2,5,8H2. The molecule has 0 amide bonds. The van der Waals surface area contributed by atoms with Crippen LogP contribution in [0.15, 0.2) is 18.2 Å². The molecule has 1 N–H and O–H groups in total. The lowest BCUT2D eigenvalue weighted by atomic mass is 10.1. The second-order valence-corrected chi connectivity index (χ2v) is 5.45. The van der Waals surface area contributed by atoms with E-state index in [-0.39, 0.29) is 0 Å². The molecule has 2 nitrogen and oxygen atoms in total. The first-order chi connectivity index (χ1) is 7.79. The lowest BCUT2D eigenvalue weighted by Gasteiger charge is -2.24. The number of nitriles is 1. The molecule has 1 aromatic carbocycles. The number of hydrogen-bond acceptors (Lipinski definition) is 3. The molecule has 84 valence electrons. The highest BCUT2D eigenvalue weighted by molar-refractivity contribution is 7.99. The Morgan fingerprint density at radius 3 is 3.06 bits per heavy atom. The Morgan fingerprint density at radius 1 is 1.50 bits per heavy atom. The van der Waals surface area contributed by atoms with Gasteiger partial charge in [-0.1, -0.05) is 11.6 Å². The molecule has 0 saturated carbocycles. The van der Waals surface area contributed by atoms with Crippen LogP contribution in [0.1, 0.15) is 18.4 Å². The Labute approximate surface area is 105 Å². The van der Waals surface area contributed by atoms with Crippen molar-refractivity contribution in [2.24, 2.45) is 0 Å². The lowest BCUT2D eigenvalue weighted by Crippen LogP contribution is -2.26. The summed E-state index contributed by atoms with van der Waals surface area (Å²) in [6.45, 7) is 0. The van der Waals surface area contributed by atoms with Gasteiger partial charge in [0.05, 0.1) is 11.3 Å². The van der Waals surface area contributed by atoms with E-state index in [0.717, 1.165) is 11.4 Å². The zero-order chi connectivity index (χ0) is 11.4. The summed E-state index contributed by atoms with van der Waals surface area (Å²) in [4.78, 5) is 0. The number of rotatable bonds is 2. The quantitative estimate of drug-likeness (QED) is 0.875. The number of anilines is 1. The normalized spacial score (nSPS) is 20.1. The maximum Gasteiger partial charge on any atom is 0.101 e. The molecular formula is C12H13ClN2S. The summed E-state index contributed by atoms with van der Waals surface area (Å²) in [5, 5.41) is 13.1. The Hall–Kier alpha value is -0.850. The van der Waals surface area contributed by atoms with Crippen LogP contribution in [0.4, 0.5) is 5.69 Å². The summed E-state index contributed by atoms with van der Waals surface area (Å²) in [6, 6.07) is 8.07. The average molecular weight is 253 g/mol. The predicted octanol–water partition coefficient (Wildman–Crippen LogP) is 3.52. The molecule has 1 unspecified atom stereocenters. The van der Waals surface area contributed by atoms with Gasteiger partial charge in [0.15, 0.2) is 0 Å². The number of benzene rings is 1. The molecule has 1 saturated heterocycles. The van der Waals surface area contributed by atoms with Gasteiger partial charge < -0.3 is 5.32 Å². The molecule has 1 atom stereocenters. The maximum atomic E-state index is 9.02. The fourth-order valence-corrected chi connectivity index (χ4v) is 3.05. The minimum Gasteiger partial charge on any atom is -0.380 e. The Balaban J connectivity index is 2.11. The number of thioether (sulfide) groups is 1. The van der Waals surface area contributed by atoms with E-state index < -0.39 is 0 Å². The number of nitrogens with zero attached hydrogens (tertiary/aromatic N) is 1. The summed E-state index contributed by atoms with van der Waals surface area (Å²) < 4.78 is 0. The summed E-state index contributed by atoms with van der Waals surface area (Å²) in [5.74, 6) is 2.37. The number of hydrogen-bond donors (Lipinski definition) is 1. The largest absolute Gasteiger partial charge is 0.380 e. The van der Waals surface area contributed by atoms with Crippen molar-refractivity contribution in [1.29, 1.82) is 5.26 Å². The maximum absolute atomic E-state index is 9.02. The van der Waals surface area contributed by atoms with Crippen LogP contribution >= 0.6 is 23.4 Å². The summed E-state index contributed by atoms with van der Waals surface area (Å²) in [6.07, 6.45) is 2.43. The smallest absolute Gasteiger partial charge is 0.101 e. The third kappa shape index (κ3) is 2.84. The molecular weight excluding hydrogens is 240 g/mol. The summed E-state index contributed by atoms with van der Waals surface area (Å²) in [7, 11) is 0. The second kappa shape index (κ2) is 5.47. The van der Waals surface area contributed by atoms with E-state index in [1.165, 1.54) is 18.6 Å². The number of halogens is 1. The highest BCUT2D eigenvalue weighted by Crippen LogP contribution is 2.24. The molecule has 1 fully saturated rings. The SMILES string of the molecule is N#Cc1cc(Cl)ccc1NC1CCCSC1. The van der Waals surface area contributed by atoms with E-state index in [1.54, 1.807) is 6.07 Å². The lowest BCUT2D eigenvalue weighted by molar-refractivity contribution is 0.685. The first-order valence-electron chi connectivity index (χ1n) is 5.33. The van der Waals surface area contributed by atoms with Crippen LogP contribution in [-0.2, 0) is 0 Å². The van der Waals surface area contributed by atoms with Crippen LogP contribution in [-0.4, -0.2) is 17.5 Å². The van der Waals surface area contributed by atoms with Crippen molar-refractivity contribution < 1.29 is 0 Å². The topological polar surface area (TPSA) is 35.8 Å². The van der Waals surface area contributed by atoms with Crippen molar-refractivity contribution >= 4 is 29.1 Å². The number of nitrogens with one attached hydrogen (secondary N) is 1. The summed E-state index contributed by atoms with van der Waals surface area (Å²) >= 11 is 7.82. The monoisotopic (exact) mass is 252 g/mol. The van der Waals surface area contributed by atoms with E-state index in [2.05, 4.69) is 11.4 Å². The predicted molar refractivity (Wildman–Crippen MR) is 70.1 cm³/mol. The molecule has 0 aromatic heterocycles. The van der Waals surface area contributed by atoms with Gasteiger partial charge in [-0.15, -0.1) is 0 Å². The van der Waals surface area contributed by atoms with Crippen LogP contribution in [0, 0.1) is 11.3 Å². The highest BCUT2D eigenvalue weighted by Gasteiger charge is 2.14. The highest BCUT2D eigenvalue weighted by atomic mass is 35.5. The second-order valence-electron chi connectivity index (χ2n) is 3.86. The van der Waals surface area contributed by atoms with Crippen molar-refractivity contribution in [3.8, 4) is 6.07 Å². The van der Waals surface area contributed by atoms with Gasteiger partial charge in [-0.2, -0.15) is 17.0 Å². The molecule has 1 aliphatic rings. The average Bonchev–Trinajstić information content (AvgIpc) is 2.33. The van der Waals surface area contributed by atoms with Crippen molar-refractivity contribution in [2.75, 3.05) is 16.8 Å². The van der Waals surface area contributed by atoms with Gasteiger partial charge in [0.2, 0.25) is 0 Å². The molecule has 0 radical (unpaired) electrons. The van der Waals surface area contributed by atoms with E-state index in [4.69, 9.17) is 16.9 Å². The fraction of sp³-hybridized carbons (Fsp3) is 0.417. The Bertz CT molecular complexity index is 408. The zero-order valence-electron chi connectivity index (χ0n) is 8.87. The van der Waals surface area contributed by atoms with E-state index >= 15 is 0 Å². The van der Waals surface area contributed by atoms with E-state index in [0.29, 0.717) is 16.6 Å². The summed E-state index contributed by atoms with van der Waals surface area (Å²) in [5.41, 5.74) is 1.53. The van der Waals surface area contributed by atoms with Crippen LogP contribution < -0.4 is 5.32 Å². The van der Waals surface area contributed by atoms with Crippen molar-refractivity contribution in [1.82, 2.24) is 0 Å². The van der Waals surface area contributed by atoms with E-state index in [9.17, 15) is 0 Å². The van der Waals surface area contributed by atoms with Crippen LogP contribution in [0.5, 0.6) is 0 Å². The first kappa shape index (κ1) is 11.6. The zero-order valence-corrected chi connectivity index (χ0v) is 10.4. The van der Waals surface area contributed by atoms with Crippen LogP contribution in [0.2, 0.25) is 5.02 Å². The molecule has 1 aliphatic heterocycles. The van der Waals surface area contributed by atoms with E-state index in [1.807, 2.05) is 23.9 Å². The third-order valence-corrected chi connectivity index (χ3v) is 4.07. The van der Waals surface area contributed by atoms with Crippen molar-refractivity contribution in [2.45, 2.75) is 18.9 Å². The molecule has 1 heterocycles.